The van der Waals surface area contributed by atoms with Crippen molar-refractivity contribution in [2.24, 2.45) is 0 Å². The second-order valence-electron chi connectivity index (χ2n) is 4.82. The first-order valence-electron chi connectivity index (χ1n) is 5.89. The van der Waals surface area contributed by atoms with Gasteiger partial charge in [-0.25, -0.2) is 4.79 Å². The number of ether oxygens (including phenoxy) is 2. The van der Waals surface area contributed by atoms with Gasteiger partial charge in [0.1, 0.15) is 6.10 Å². The second kappa shape index (κ2) is 4.04. The third-order valence-corrected chi connectivity index (χ3v) is 3.81. The van der Waals surface area contributed by atoms with E-state index in [1.807, 2.05) is 0 Å². The van der Waals surface area contributed by atoms with Crippen LogP contribution in [0.2, 0.25) is 0 Å². The zero-order chi connectivity index (χ0) is 14.5. The van der Waals surface area contributed by atoms with Crippen molar-refractivity contribution in [3.8, 4) is 12.3 Å². The van der Waals surface area contributed by atoms with Gasteiger partial charge in [-0.05, 0) is 0 Å². The van der Waals surface area contributed by atoms with Gasteiger partial charge in [0.15, 0.2) is 17.4 Å². The molecule has 2 aliphatic heterocycles. The van der Waals surface area contributed by atoms with Crippen molar-refractivity contribution in [1.29, 1.82) is 0 Å². The fourth-order valence-corrected chi connectivity index (χ4v) is 2.67. The van der Waals surface area contributed by atoms with Gasteiger partial charge in [-0.3, -0.25) is 14.3 Å². The van der Waals surface area contributed by atoms with Crippen LogP contribution in [0.1, 0.15) is 6.23 Å². The highest BCUT2D eigenvalue weighted by Gasteiger charge is 2.71. The summed E-state index contributed by atoms with van der Waals surface area (Å²) < 4.78 is 12.0. The van der Waals surface area contributed by atoms with Crippen LogP contribution in [0.15, 0.2) is 21.9 Å². The number of rotatable bonds is 2. The van der Waals surface area contributed by atoms with Crippen molar-refractivity contribution in [3.63, 3.8) is 0 Å². The number of fused-ring (bicyclic) bond motifs is 2. The Morgan fingerprint density at radius 2 is 2.35 bits per heavy atom. The van der Waals surface area contributed by atoms with Gasteiger partial charge in [0.2, 0.25) is 0 Å². The Morgan fingerprint density at radius 1 is 1.60 bits per heavy atom. The maximum Gasteiger partial charge on any atom is 0.330 e. The average Bonchev–Trinajstić information content (AvgIpc) is 2.86. The topological polar surface area (TPSA) is 114 Å². The first-order chi connectivity index (χ1) is 9.47. The number of nitrogens with one attached hydrogen (secondary N) is 1. The lowest BCUT2D eigenvalue weighted by molar-refractivity contribution is -0.190. The van der Waals surface area contributed by atoms with Gasteiger partial charge in [-0.2, -0.15) is 0 Å². The van der Waals surface area contributed by atoms with Gasteiger partial charge in [0.25, 0.3) is 5.56 Å². The summed E-state index contributed by atoms with van der Waals surface area (Å²) in [5.74, 6) is 2.18. The molecule has 1 aromatic heterocycles. The normalized spacial score (nSPS) is 38.9. The standard InChI is InChI=1S/C12H12N2O6/c1-2-12(18)8-9(20-11(12,5-15)6-19-8)14-4-3-7(16)13-10(14)17/h1,3-4,8-9,15,18H,5-6H2,(H,13,16,17)/t8-,9+,11-,12+/m1/s1. The predicted octanol–water partition coefficient (Wildman–Crippen LogP) is -2.44. The molecule has 8 heteroatoms. The van der Waals surface area contributed by atoms with E-state index in [0.717, 1.165) is 10.6 Å². The fraction of sp³-hybridized carbons (Fsp3) is 0.500. The zero-order valence-corrected chi connectivity index (χ0v) is 10.3. The van der Waals surface area contributed by atoms with Crippen LogP contribution >= 0.6 is 0 Å². The van der Waals surface area contributed by atoms with Gasteiger partial charge in [0, 0.05) is 12.3 Å². The minimum absolute atomic E-state index is 0.0799. The molecule has 2 saturated heterocycles. The van der Waals surface area contributed by atoms with Crippen molar-refractivity contribution in [1.82, 2.24) is 9.55 Å². The summed E-state index contributed by atoms with van der Waals surface area (Å²) in [6.45, 7) is -0.637. The van der Waals surface area contributed by atoms with E-state index in [-0.39, 0.29) is 6.61 Å². The second-order valence-corrected chi connectivity index (χ2v) is 4.82. The number of terminal acetylenes is 1. The van der Waals surface area contributed by atoms with Crippen LogP contribution in [0.4, 0.5) is 0 Å². The SMILES string of the molecule is C#C[C@]1(O)[C@@H]2OC[C@@]1(CO)O[C@@H]2n1ccc(=O)[nH]c1=O. The molecule has 4 atom stereocenters. The Labute approximate surface area is 112 Å². The monoisotopic (exact) mass is 280 g/mol. The Kier molecular flexibility index (Phi) is 2.64. The first kappa shape index (κ1) is 13.1. The number of hydrogen-bond donors (Lipinski definition) is 3. The van der Waals surface area contributed by atoms with E-state index < -0.39 is 41.4 Å². The van der Waals surface area contributed by atoms with E-state index in [1.54, 1.807) is 0 Å². The average molecular weight is 280 g/mol. The fourth-order valence-electron chi connectivity index (χ4n) is 2.67. The summed E-state index contributed by atoms with van der Waals surface area (Å²) in [6, 6.07) is 1.14. The Hall–Kier alpha value is -1.92. The quantitative estimate of drug-likeness (QED) is 0.519. The van der Waals surface area contributed by atoms with Gasteiger partial charge in [0.05, 0.1) is 13.2 Å². The van der Waals surface area contributed by atoms with Gasteiger partial charge >= 0.3 is 5.69 Å². The number of aromatic amines is 1. The Morgan fingerprint density at radius 3 is 2.90 bits per heavy atom. The first-order valence-corrected chi connectivity index (χ1v) is 5.89. The van der Waals surface area contributed by atoms with Crippen molar-refractivity contribution in [2.75, 3.05) is 13.2 Å². The minimum Gasteiger partial charge on any atom is -0.393 e. The molecule has 0 spiro atoms. The summed E-state index contributed by atoms with van der Waals surface area (Å²) >= 11 is 0. The maximum atomic E-state index is 11.8. The maximum absolute atomic E-state index is 11.8. The molecule has 20 heavy (non-hydrogen) atoms. The molecular formula is C12H12N2O6. The molecule has 0 radical (unpaired) electrons. The van der Waals surface area contributed by atoms with E-state index in [2.05, 4.69) is 10.9 Å². The number of hydrogen-bond acceptors (Lipinski definition) is 6. The lowest BCUT2D eigenvalue weighted by atomic mass is 9.85. The molecule has 2 fully saturated rings. The molecule has 0 amide bonds. The third-order valence-electron chi connectivity index (χ3n) is 3.81. The molecule has 0 aliphatic carbocycles. The molecule has 3 rings (SSSR count). The van der Waals surface area contributed by atoms with Gasteiger partial charge < -0.3 is 19.7 Å². The molecule has 2 bridgehead atoms. The summed E-state index contributed by atoms with van der Waals surface area (Å²) in [4.78, 5) is 24.9. The lowest BCUT2D eigenvalue weighted by Crippen LogP contribution is -2.53. The van der Waals surface area contributed by atoms with E-state index in [1.165, 1.54) is 6.20 Å². The molecule has 1 aromatic rings. The zero-order valence-electron chi connectivity index (χ0n) is 10.3. The number of aliphatic hydroxyl groups excluding tert-OH is 1. The highest BCUT2D eigenvalue weighted by atomic mass is 16.7. The van der Waals surface area contributed by atoms with Gasteiger partial charge in [-0.1, -0.05) is 5.92 Å². The minimum atomic E-state index is -1.85. The summed E-state index contributed by atoms with van der Waals surface area (Å²) in [5.41, 5.74) is -4.60. The summed E-state index contributed by atoms with van der Waals surface area (Å²) in [6.07, 6.45) is 4.52. The van der Waals surface area contributed by atoms with Crippen molar-refractivity contribution in [3.05, 3.63) is 33.1 Å². The summed E-state index contributed by atoms with van der Waals surface area (Å²) in [7, 11) is 0. The van der Waals surface area contributed by atoms with Crippen LogP contribution in [-0.2, 0) is 9.47 Å². The molecule has 3 N–H and O–H groups in total. The van der Waals surface area contributed by atoms with Crippen LogP contribution in [0.3, 0.4) is 0 Å². The van der Waals surface area contributed by atoms with E-state index in [0.29, 0.717) is 0 Å². The van der Waals surface area contributed by atoms with Crippen LogP contribution < -0.4 is 11.2 Å². The predicted molar refractivity (Wildman–Crippen MR) is 64.8 cm³/mol. The van der Waals surface area contributed by atoms with Crippen LogP contribution in [0.25, 0.3) is 0 Å². The van der Waals surface area contributed by atoms with E-state index in [9.17, 15) is 19.8 Å². The Bertz CT molecular complexity index is 703. The number of aliphatic hydroxyl groups is 2. The van der Waals surface area contributed by atoms with Crippen LogP contribution in [0.5, 0.6) is 0 Å². The van der Waals surface area contributed by atoms with Crippen molar-refractivity contribution in [2.45, 2.75) is 23.5 Å². The third kappa shape index (κ3) is 1.40. The molecular weight excluding hydrogens is 268 g/mol. The molecule has 2 aliphatic rings. The molecule has 0 saturated carbocycles. The van der Waals surface area contributed by atoms with Crippen LogP contribution in [0, 0.1) is 12.3 Å². The number of nitrogens with zero attached hydrogens (tertiary/aromatic N) is 1. The molecule has 106 valence electrons. The smallest absolute Gasteiger partial charge is 0.330 e. The number of H-pyrrole nitrogens is 1. The molecule has 0 unspecified atom stereocenters. The van der Waals surface area contributed by atoms with Crippen LogP contribution in [-0.4, -0.2) is 50.3 Å². The van der Waals surface area contributed by atoms with Gasteiger partial charge in [-0.15, -0.1) is 6.42 Å². The van der Waals surface area contributed by atoms with Crippen molar-refractivity contribution < 1.29 is 19.7 Å². The highest BCUT2D eigenvalue weighted by Crippen LogP contribution is 2.50. The summed E-state index contributed by atoms with van der Waals surface area (Å²) in [5, 5.41) is 20.0. The van der Waals surface area contributed by atoms with E-state index >= 15 is 0 Å². The number of aromatic nitrogens is 2. The molecule has 3 heterocycles. The largest absolute Gasteiger partial charge is 0.393 e. The Balaban J connectivity index is 2.10. The lowest BCUT2D eigenvalue weighted by Gasteiger charge is -2.30. The van der Waals surface area contributed by atoms with Crippen molar-refractivity contribution >= 4 is 0 Å². The molecule has 8 nitrogen and oxygen atoms in total. The highest BCUT2D eigenvalue weighted by molar-refractivity contribution is 5.29. The molecule has 0 aromatic carbocycles. The van der Waals surface area contributed by atoms with E-state index in [4.69, 9.17) is 15.9 Å².